The maximum Gasteiger partial charge on any atom is 0.358 e. The minimum atomic E-state index is -0.989. The molecule has 14 heavy (non-hydrogen) atoms. The summed E-state index contributed by atoms with van der Waals surface area (Å²) >= 11 is 0. The van der Waals surface area contributed by atoms with E-state index in [1.165, 1.54) is 0 Å². The summed E-state index contributed by atoms with van der Waals surface area (Å²) in [6, 6.07) is 0. The van der Waals surface area contributed by atoms with E-state index in [2.05, 4.69) is 12.1 Å². The minimum absolute atomic E-state index is 0.0967. The molecule has 0 unspecified atom stereocenters. The van der Waals surface area contributed by atoms with Gasteiger partial charge in [-0.15, -0.1) is 0 Å². The van der Waals surface area contributed by atoms with Gasteiger partial charge in [0.25, 0.3) is 0 Å². The Morgan fingerprint density at radius 3 is 2.93 bits per heavy atom. The van der Waals surface area contributed by atoms with Gasteiger partial charge in [-0.05, 0) is 18.3 Å². The van der Waals surface area contributed by atoms with Crippen LogP contribution in [0.15, 0.2) is 4.52 Å². The number of hydrogen-bond acceptors (Lipinski definition) is 3. The normalized spacial score (nSPS) is 25.9. The standard InChI is InChI=1S/C10H13NO3/c1-5-3-6(2)8-7(4-5)14-11-9(8)10(12)13/h5-6H,3-4H2,1-2H3,(H,12,13)/t5-,6+/m0/s1. The molecule has 0 spiro atoms. The molecule has 1 heterocycles. The Balaban J connectivity index is 2.46. The van der Waals surface area contributed by atoms with E-state index in [-0.39, 0.29) is 11.6 Å². The number of carboxylic acids is 1. The van der Waals surface area contributed by atoms with E-state index in [1.807, 2.05) is 6.92 Å². The van der Waals surface area contributed by atoms with Gasteiger partial charge < -0.3 is 9.63 Å². The fraction of sp³-hybridized carbons (Fsp3) is 0.600. The van der Waals surface area contributed by atoms with Gasteiger partial charge in [-0.25, -0.2) is 4.79 Å². The van der Waals surface area contributed by atoms with E-state index in [0.717, 1.165) is 24.2 Å². The third-order valence-electron chi connectivity index (χ3n) is 2.79. The van der Waals surface area contributed by atoms with Gasteiger partial charge in [-0.1, -0.05) is 19.0 Å². The maximum absolute atomic E-state index is 10.8. The zero-order chi connectivity index (χ0) is 10.3. The van der Waals surface area contributed by atoms with Crippen molar-refractivity contribution in [2.75, 3.05) is 0 Å². The number of carboxylic acid groups (broad SMARTS) is 1. The molecule has 0 aromatic carbocycles. The SMILES string of the molecule is C[C@@H]1Cc2onc(C(=O)O)c2[C@H](C)C1. The Hall–Kier alpha value is -1.32. The van der Waals surface area contributed by atoms with Crippen LogP contribution in [0.25, 0.3) is 0 Å². The summed E-state index contributed by atoms with van der Waals surface area (Å²) in [5, 5.41) is 12.5. The molecule has 2 rings (SSSR count). The fourth-order valence-corrected chi connectivity index (χ4v) is 2.26. The van der Waals surface area contributed by atoms with E-state index >= 15 is 0 Å². The lowest BCUT2D eigenvalue weighted by atomic mass is 9.81. The van der Waals surface area contributed by atoms with Gasteiger partial charge in [0.05, 0.1) is 0 Å². The van der Waals surface area contributed by atoms with Gasteiger partial charge in [-0.3, -0.25) is 0 Å². The first-order chi connectivity index (χ1) is 6.59. The number of rotatable bonds is 1. The quantitative estimate of drug-likeness (QED) is 0.744. The highest BCUT2D eigenvalue weighted by Gasteiger charge is 2.31. The van der Waals surface area contributed by atoms with Crippen LogP contribution in [-0.4, -0.2) is 16.2 Å². The van der Waals surface area contributed by atoms with Crippen LogP contribution in [0.3, 0.4) is 0 Å². The average molecular weight is 195 g/mol. The Morgan fingerprint density at radius 1 is 1.57 bits per heavy atom. The smallest absolute Gasteiger partial charge is 0.358 e. The third-order valence-corrected chi connectivity index (χ3v) is 2.79. The molecule has 1 aromatic heterocycles. The third kappa shape index (κ3) is 1.31. The zero-order valence-electron chi connectivity index (χ0n) is 8.28. The first-order valence-electron chi connectivity index (χ1n) is 4.81. The molecule has 4 nitrogen and oxygen atoms in total. The van der Waals surface area contributed by atoms with Crippen LogP contribution in [0.1, 0.15) is 48.0 Å². The molecular weight excluding hydrogens is 182 g/mol. The molecule has 1 N–H and O–H groups in total. The topological polar surface area (TPSA) is 63.3 Å². The maximum atomic E-state index is 10.8. The summed E-state index contributed by atoms with van der Waals surface area (Å²) in [7, 11) is 0. The Bertz CT molecular complexity index is 369. The van der Waals surface area contributed by atoms with Gasteiger partial charge in [-0.2, -0.15) is 0 Å². The highest BCUT2D eigenvalue weighted by Crippen LogP contribution is 2.36. The number of aromatic carboxylic acids is 1. The van der Waals surface area contributed by atoms with Crippen LogP contribution >= 0.6 is 0 Å². The lowest BCUT2D eigenvalue weighted by Crippen LogP contribution is -2.15. The van der Waals surface area contributed by atoms with Gasteiger partial charge in [0, 0.05) is 12.0 Å². The van der Waals surface area contributed by atoms with Gasteiger partial charge in [0.2, 0.25) is 0 Å². The molecule has 0 saturated heterocycles. The van der Waals surface area contributed by atoms with Crippen LogP contribution in [0.5, 0.6) is 0 Å². The molecule has 0 amide bonds. The minimum Gasteiger partial charge on any atom is -0.476 e. The van der Waals surface area contributed by atoms with Gasteiger partial charge in [0.1, 0.15) is 5.76 Å². The summed E-state index contributed by atoms with van der Waals surface area (Å²) in [5.41, 5.74) is 0.898. The number of hydrogen-bond donors (Lipinski definition) is 1. The van der Waals surface area contributed by atoms with E-state index in [9.17, 15) is 4.79 Å². The lowest BCUT2D eigenvalue weighted by Gasteiger charge is -2.22. The van der Waals surface area contributed by atoms with Crippen LogP contribution in [0.4, 0.5) is 0 Å². The van der Waals surface area contributed by atoms with Crippen LogP contribution in [0.2, 0.25) is 0 Å². The molecule has 1 aliphatic rings. The molecule has 0 saturated carbocycles. The van der Waals surface area contributed by atoms with Gasteiger partial charge >= 0.3 is 5.97 Å². The van der Waals surface area contributed by atoms with Crippen molar-refractivity contribution in [2.24, 2.45) is 5.92 Å². The fourth-order valence-electron chi connectivity index (χ4n) is 2.26. The zero-order valence-corrected chi connectivity index (χ0v) is 8.28. The molecule has 0 aliphatic heterocycles. The Morgan fingerprint density at radius 2 is 2.29 bits per heavy atom. The number of aromatic nitrogens is 1. The van der Waals surface area contributed by atoms with Crippen molar-refractivity contribution in [3.05, 3.63) is 17.0 Å². The first-order valence-corrected chi connectivity index (χ1v) is 4.81. The van der Waals surface area contributed by atoms with Crippen molar-refractivity contribution in [3.8, 4) is 0 Å². The summed E-state index contributed by atoms with van der Waals surface area (Å²) in [4.78, 5) is 10.8. The summed E-state index contributed by atoms with van der Waals surface area (Å²) in [6.07, 6.45) is 1.81. The van der Waals surface area contributed by atoms with Crippen LogP contribution in [-0.2, 0) is 6.42 Å². The first kappa shape index (κ1) is 9.24. The highest BCUT2D eigenvalue weighted by atomic mass is 16.5. The lowest BCUT2D eigenvalue weighted by molar-refractivity contribution is 0.0684. The average Bonchev–Trinajstić information content (AvgIpc) is 2.47. The van der Waals surface area contributed by atoms with Crippen molar-refractivity contribution in [2.45, 2.75) is 32.6 Å². The van der Waals surface area contributed by atoms with Crippen molar-refractivity contribution in [3.63, 3.8) is 0 Å². The van der Waals surface area contributed by atoms with E-state index in [4.69, 9.17) is 9.63 Å². The van der Waals surface area contributed by atoms with Crippen LogP contribution in [0, 0.1) is 5.92 Å². The van der Waals surface area contributed by atoms with Crippen molar-refractivity contribution in [1.29, 1.82) is 0 Å². The molecule has 0 radical (unpaired) electrons. The molecule has 76 valence electrons. The summed E-state index contributed by atoms with van der Waals surface area (Å²) in [6.45, 7) is 4.17. The van der Waals surface area contributed by atoms with Crippen molar-refractivity contribution < 1.29 is 14.4 Å². The molecule has 2 atom stereocenters. The molecule has 0 fully saturated rings. The summed E-state index contributed by atoms with van der Waals surface area (Å²) < 4.78 is 5.06. The Labute approximate surface area is 81.9 Å². The predicted molar refractivity (Wildman–Crippen MR) is 49.4 cm³/mol. The van der Waals surface area contributed by atoms with Crippen LogP contribution < -0.4 is 0 Å². The monoisotopic (exact) mass is 195 g/mol. The molecular formula is C10H13NO3. The highest BCUT2D eigenvalue weighted by molar-refractivity contribution is 5.87. The number of carbonyl (C=O) groups is 1. The largest absolute Gasteiger partial charge is 0.476 e. The second-order valence-corrected chi connectivity index (χ2v) is 4.12. The molecule has 0 bridgehead atoms. The molecule has 4 heteroatoms. The number of fused-ring (bicyclic) bond motifs is 1. The predicted octanol–water partition coefficient (Wildman–Crippen LogP) is 2.06. The number of nitrogens with zero attached hydrogens (tertiary/aromatic N) is 1. The summed E-state index contributed by atoms with van der Waals surface area (Å²) in [5.74, 6) is 0.559. The second-order valence-electron chi connectivity index (χ2n) is 4.12. The van der Waals surface area contributed by atoms with E-state index in [0.29, 0.717) is 5.92 Å². The molecule has 1 aromatic rings. The van der Waals surface area contributed by atoms with E-state index in [1.54, 1.807) is 0 Å². The molecule has 1 aliphatic carbocycles. The van der Waals surface area contributed by atoms with E-state index < -0.39 is 5.97 Å². The second kappa shape index (κ2) is 3.12. The van der Waals surface area contributed by atoms with Crippen molar-refractivity contribution >= 4 is 5.97 Å². The van der Waals surface area contributed by atoms with Gasteiger partial charge in [0.15, 0.2) is 5.69 Å². The Kier molecular flexibility index (Phi) is 2.06. The van der Waals surface area contributed by atoms with Crippen molar-refractivity contribution in [1.82, 2.24) is 5.16 Å².